The van der Waals surface area contributed by atoms with Crippen LogP contribution in [0.3, 0.4) is 0 Å². The molecule has 0 saturated heterocycles. The Hall–Kier alpha value is -2.20. The quantitative estimate of drug-likeness (QED) is 0.392. The van der Waals surface area contributed by atoms with Crippen molar-refractivity contribution in [3.63, 3.8) is 0 Å². The Kier molecular flexibility index (Phi) is 4.38. The predicted octanol–water partition coefficient (Wildman–Crippen LogP) is 3.82. The second-order valence-corrected chi connectivity index (χ2v) is 5.49. The van der Waals surface area contributed by atoms with Crippen LogP contribution in [0.5, 0.6) is 0 Å². The molecule has 0 aliphatic rings. The van der Waals surface area contributed by atoms with E-state index in [9.17, 15) is 0 Å². The zero-order valence-electron chi connectivity index (χ0n) is 12.3. The second kappa shape index (κ2) is 6.06. The molecule has 0 amide bonds. The molecule has 0 radical (unpaired) electrons. The molecule has 4 nitrogen and oxygen atoms in total. The van der Waals surface area contributed by atoms with Gasteiger partial charge in [-0.3, -0.25) is 0 Å². The fourth-order valence-electron chi connectivity index (χ4n) is 2.34. The third-order valence-electron chi connectivity index (χ3n) is 3.30. The van der Waals surface area contributed by atoms with Crippen LogP contribution in [0.4, 0.5) is 11.4 Å². The van der Waals surface area contributed by atoms with Gasteiger partial charge < -0.3 is 15.8 Å². The standard InChI is InChI=1S/C16H18ClN3O/c1-10-6-11(2)8-13(7-10)20(3)15-9-12(17)4-5-14(15)16(18)19-21/h4-9,21H,1-3H3,(H2,18,19). The predicted molar refractivity (Wildman–Crippen MR) is 87.9 cm³/mol. The van der Waals surface area contributed by atoms with Crippen molar-refractivity contribution in [2.45, 2.75) is 13.8 Å². The summed E-state index contributed by atoms with van der Waals surface area (Å²) < 4.78 is 0. The average molecular weight is 304 g/mol. The number of benzene rings is 2. The molecular formula is C16H18ClN3O. The summed E-state index contributed by atoms with van der Waals surface area (Å²) >= 11 is 6.09. The van der Waals surface area contributed by atoms with Crippen molar-refractivity contribution >= 4 is 28.8 Å². The Morgan fingerprint density at radius 2 is 1.76 bits per heavy atom. The number of amidine groups is 1. The number of oxime groups is 1. The second-order valence-electron chi connectivity index (χ2n) is 5.05. The molecular weight excluding hydrogens is 286 g/mol. The molecule has 0 heterocycles. The van der Waals surface area contributed by atoms with Gasteiger partial charge in [0.15, 0.2) is 5.84 Å². The topological polar surface area (TPSA) is 61.8 Å². The highest BCUT2D eigenvalue weighted by molar-refractivity contribution is 6.31. The largest absolute Gasteiger partial charge is 0.409 e. The number of rotatable bonds is 3. The van der Waals surface area contributed by atoms with Crippen LogP contribution in [-0.4, -0.2) is 18.1 Å². The van der Waals surface area contributed by atoms with Crippen LogP contribution in [0.25, 0.3) is 0 Å². The lowest BCUT2D eigenvalue weighted by molar-refractivity contribution is 0.318. The van der Waals surface area contributed by atoms with Crippen LogP contribution >= 0.6 is 11.6 Å². The monoisotopic (exact) mass is 303 g/mol. The van der Waals surface area contributed by atoms with E-state index in [2.05, 4.69) is 23.4 Å². The average Bonchev–Trinajstić information content (AvgIpc) is 2.44. The van der Waals surface area contributed by atoms with E-state index in [1.54, 1.807) is 18.2 Å². The number of aryl methyl sites for hydroxylation is 2. The van der Waals surface area contributed by atoms with Crippen molar-refractivity contribution in [1.29, 1.82) is 0 Å². The van der Waals surface area contributed by atoms with Gasteiger partial charge in [0, 0.05) is 23.3 Å². The first-order valence-corrected chi connectivity index (χ1v) is 6.89. The maximum Gasteiger partial charge on any atom is 0.172 e. The highest BCUT2D eigenvalue weighted by atomic mass is 35.5. The van der Waals surface area contributed by atoms with Gasteiger partial charge in [-0.15, -0.1) is 0 Å². The number of nitrogens with two attached hydrogens (primary N) is 1. The van der Waals surface area contributed by atoms with Crippen LogP contribution in [0, 0.1) is 13.8 Å². The first-order chi connectivity index (χ1) is 9.92. The first-order valence-electron chi connectivity index (χ1n) is 6.52. The van der Waals surface area contributed by atoms with Crippen molar-refractivity contribution in [1.82, 2.24) is 0 Å². The van der Waals surface area contributed by atoms with Crippen LogP contribution in [0.2, 0.25) is 5.02 Å². The minimum Gasteiger partial charge on any atom is -0.409 e. The van der Waals surface area contributed by atoms with E-state index in [0.29, 0.717) is 10.6 Å². The first kappa shape index (κ1) is 15.2. The molecule has 5 heteroatoms. The van der Waals surface area contributed by atoms with E-state index in [4.69, 9.17) is 22.5 Å². The molecule has 2 rings (SSSR count). The summed E-state index contributed by atoms with van der Waals surface area (Å²) in [6.45, 7) is 4.10. The maximum atomic E-state index is 8.93. The number of hydrogen-bond donors (Lipinski definition) is 2. The van der Waals surface area contributed by atoms with Gasteiger partial charge in [0.25, 0.3) is 0 Å². The Balaban J connectivity index is 2.56. The third-order valence-corrected chi connectivity index (χ3v) is 3.53. The molecule has 21 heavy (non-hydrogen) atoms. The zero-order chi connectivity index (χ0) is 15.6. The SMILES string of the molecule is Cc1cc(C)cc(N(C)c2cc(Cl)ccc2C(N)=NO)c1. The highest BCUT2D eigenvalue weighted by Crippen LogP contribution is 2.30. The number of nitrogens with zero attached hydrogens (tertiary/aromatic N) is 2. The lowest BCUT2D eigenvalue weighted by Crippen LogP contribution is -2.19. The maximum absolute atomic E-state index is 8.93. The number of hydrogen-bond acceptors (Lipinski definition) is 3. The van der Waals surface area contributed by atoms with Gasteiger partial charge in [0.05, 0.1) is 5.69 Å². The minimum absolute atomic E-state index is 0.0536. The van der Waals surface area contributed by atoms with Gasteiger partial charge in [-0.25, -0.2) is 0 Å². The lowest BCUT2D eigenvalue weighted by atomic mass is 10.1. The number of halogens is 1. The molecule has 3 N–H and O–H groups in total. The summed E-state index contributed by atoms with van der Waals surface area (Å²) in [5, 5.41) is 12.6. The summed E-state index contributed by atoms with van der Waals surface area (Å²) in [5.41, 5.74) is 10.5. The summed E-state index contributed by atoms with van der Waals surface area (Å²) in [4.78, 5) is 1.97. The number of anilines is 2. The lowest BCUT2D eigenvalue weighted by Gasteiger charge is -2.23. The van der Waals surface area contributed by atoms with Crippen molar-refractivity contribution in [2.75, 3.05) is 11.9 Å². The van der Waals surface area contributed by atoms with E-state index < -0.39 is 0 Å². The fraction of sp³-hybridized carbons (Fsp3) is 0.188. The van der Waals surface area contributed by atoms with Gasteiger partial charge >= 0.3 is 0 Å². The molecule has 0 spiro atoms. The van der Waals surface area contributed by atoms with Crippen molar-refractivity contribution < 1.29 is 5.21 Å². The van der Waals surface area contributed by atoms with E-state index >= 15 is 0 Å². The molecule has 0 saturated carbocycles. The molecule has 2 aromatic rings. The Labute approximate surface area is 129 Å². The van der Waals surface area contributed by atoms with Crippen LogP contribution in [-0.2, 0) is 0 Å². The van der Waals surface area contributed by atoms with Crippen LogP contribution < -0.4 is 10.6 Å². The molecule has 0 aliphatic carbocycles. The Bertz CT molecular complexity index is 678. The molecule has 0 aliphatic heterocycles. The van der Waals surface area contributed by atoms with Crippen molar-refractivity contribution in [3.8, 4) is 0 Å². The van der Waals surface area contributed by atoms with E-state index in [1.165, 1.54) is 11.1 Å². The van der Waals surface area contributed by atoms with Gasteiger partial charge in [-0.05, 0) is 55.3 Å². The summed E-state index contributed by atoms with van der Waals surface area (Å²) in [6.07, 6.45) is 0. The minimum atomic E-state index is 0.0536. The normalized spacial score (nSPS) is 11.5. The Morgan fingerprint density at radius 3 is 2.33 bits per heavy atom. The van der Waals surface area contributed by atoms with Crippen molar-refractivity contribution in [3.05, 3.63) is 58.1 Å². The van der Waals surface area contributed by atoms with Crippen LogP contribution in [0.15, 0.2) is 41.6 Å². The van der Waals surface area contributed by atoms with Gasteiger partial charge in [-0.2, -0.15) is 0 Å². The third kappa shape index (κ3) is 3.28. The summed E-state index contributed by atoms with van der Waals surface area (Å²) in [5.74, 6) is 0.0536. The molecule has 110 valence electrons. The summed E-state index contributed by atoms with van der Waals surface area (Å²) in [6, 6.07) is 11.5. The molecule has 0 aromatic heterocycles. The zero-order valence-corrected chi connectivity index (χ0v) is 13.0. The molecule has 2 aromatic carbocycles. The van der Waals surface area contributed by atoms with Gasteiger partial charge in [0.2, 0.25) is 0 Å². The molecule has 0 bridgehead atoms. The molecule has 0 fully saturated rings. The highest BCUT2D eigenvalue weighted by Gasteiger charge is 2.14. The fourth-order valence-corrected chi connectivity index (χ4v) is 2.50. The van der Waals surface area contributed by atoms with E-state index in [-0.39, 0.29) is 5.84 Å². The van der Waals surface area contributed by atoms with Gasteiger partial charge in [0.1, 0.15) is 0 Å². The smallest absolute Gasteiger partial charge is 0.172 e. The Morgan fingerprint density at radius 1 is 1.14 bits per heavy atom. The van der Waals surface area contributed by atoms with Crippen molar-refractivity contribution in [2.24, 2.45) is 10.9 Å². The van der Waals surface area contributed by atoms with E-state index in [0.717, 1.165) is 11.4 Å². The van der Waals surface area contributed by atoms with E-state index in [1.807, 2.05) is 25.8 Å². The van der Waals surface area contributed by atoms with Crippen LogP contribution in [0.1, 0.15) is 16.7 Å². The molecule has 0 atom stereocenters. The van der Waals surface area contributed by atoms with Gasteiger partial charge in [-0.1, -0.05) is 22.8 Å². The summed E-state index contributed by atoms with van der Waals surface area (Å²) in [7, 11) is 1.92. The molecule has 0 unspecified atom stereocenters.